The molecule has 1 aliphatic heterocycles. The Morgan fingerprint density at radius 2 is 1.20 bits per heavy atom. The fourth-order valence-electron chi connectivity index (χ4n) is 9.41. The Hall–Kier alpha value is -6.33. The first-order valence-corrected chi connectivity index (χ1v) is 18.9. The zero-order valence-corrected chi connectivity index (χ0v) is 30.9. The molecule has 0 saturated carbocycles. The summed E-state index contributed by atoms with van der Waals surface area (Å²) in [5.41, 5.74) is 15.7. The van der Waals surface area contributed by atoms with E-state index < -0.39 is 0 Å². The van der Waals surface area contributed by atoms with Gasteiger partial charge in [0.25, 0.3) is 0 Å². The van der Waals surface area contributed by atoms with Crippen LogP contribution in [0.5, 0.6) is 11.5 Å². The van der Waals surface area contributed by atoms with Gasteiger partial charge in [-0.25, -0.2) is 4.98 Å². The monoisotopic (exact) mass is 700 g/mol. The maximum atomic E-state index is 6.70. The van der Waals surface area contributed by atoms with Gasteiger partial charge in [-0.15, -0.1) is 0 Å². The highest BCUT2D eigenvalue weighted by Gasteiger charge is 2.42. The predicted octanol–water partition coefficient (Wildman–Crippen LogP) is 11.8. The van der Waals surface area contributed by atoms with Crippen molar-refractivity contribution < 1.29 is 4.74 Å². The molecule has 54 heavy (non-hydrogen) atoms. The van der Waals surface area contributed by atoms with Gasteiger partial charge < -0.3 is 14.5 Å². The molecule has 6 aromatic carbocycles. The highest BCUT2D eigenvalue weighted by molar-refractivity contribution is 6.09. The second kappa shape index (κ2) is 11.3. The summed E-state index contributed by atoms with van der Waals surface area (Å²) in [6, 6.07) is 50.9. The number of nitrogens with zero attached hydrogens (tertiary/aromatic N) is 4. The lowest BCUT2D eigenvalue weighted by atomic mass is 9.61. The second-order valence-electron chi connectivity index (χ2n) is 16.1. The molecule has 3 aliphatic carbocycles. The average molecular weight is 701 g/mol. The Morgan fingerprint density at radius 1 is 0.574 bits per heavy atom. The molecule has 0 unspecified atom stereocenters. The van der Waals surface area contributed by atoms with E-state index in [1.165, 1.54) is 61.1 Å². The van der Waals surface area contributed by atoms with Crippen molar-refractivity contribution in [1.82, 2.24) is 9.55 Å². The molecule has 0 N–H and O–H groups in total. The van der Waals surface area contributed by atoms with Crippen molar-refractivity contribution in [3.63, 3.8) is 0 Å². The third-order valence-electron chi connectivity index (χ3n) is 11.9. The van der Waals surface area contributed by atoms with Gasteiger partial charge in [0.05, 0.1) is 29.1 Å². The largest absolute Gasteiger partial charge is 0.457 e. The number of pyridine rings is 1. The Labute approximate surface area is 315 Å². The van der Waals surface area contributed by atoms with Crippen LogP contribution in [0.3, 0.4) is 0 Å². The van der Waals surface area contributed by atoms with E-state index in [4.69, 9.17) is 9.72 Å². The summed E-state index contributed by atoms with van der Waals surface area (Å²) in [5, 5.41) is 2.37. The summed E-state index contributed by atoms with van der Waals surface area (Å²) in [6.07, 6.45) is 1.93. The van der Waals surface area contributed by atoms with Gasteiger partial charge in [0.2, 0.25) is 0 Å². The van der Waals surface area contributed by atoms with Crippen molar-refractivity contribution in [3.8, 4) is 17.3 Å². The highest BCUT2D eigenvalue weighted by atomic mass is 16.5. The molecule has 8 aromatic rings. The molecular formula is C49H40N4O. The van der Waals surface area contributed by atoms with Crippen molar-refractivity contribution in [2.45, 2.75) is 38.0 Å². The molecule has 0 fully saturated rings. The highest BCUT2D eigenvalue weighted by Crippen LogP contribution is 2.58. The summed E-state index contributed by atoms with van der Waals surface area (Å²) in [5.74, 6) is 3.00. The van der Waals surface area contributed by atoms with Crippen LogP contribution in [-0.4, -0.2) is 23.3 Å². The van der Waals surface area contributed by atoms with E-state index in [-0.39, 0.29) is 17.3 Å². The zero-order valence-electron chi connectivity index (χ0n) is 30.9. The molecule has 3 heterocycles. The van der Waals surface area contributed by atoms with Gasteiger partial charge >= 0.3 is 0 Å². The van der Waals surface area contributed by atoms with Gasteiger partial charge in [-0.2, -0.15) is 0 Å². The van der Waals surface area contributed by atoms with Crippen molar-refractivity contribution in [3.05, 3.63) is 185 Å². The van der Waals surface area contributed by atoms with Crippen LogP contribution in [0, 0.1) is 0 Å². The maximum Gasteiger partial charge on any atom is 0.137 e. The van der Waals surface area contributed by atoms with Gasteiger partial charge in [0.1, 0.15) is 17.3 Å². The van der Waals surface area contributed by atoms with Gasteiger partial charge in [0.15, 0.2) is 0 Å². The van der Waals surface area contributed by atoms with Gasteiger partial charge in [0, 0.05) is 53.7 Å². The summed E-state index contributed by atoms with van der Waals surface area (Å²) < 4.78 is 8.97. The molecule has 5 heteroatoms. The lowest BCUT2D eigenvalue weighted by Crippen LogP contribution is -2.27. The lowest BCUT2D eigenvalue weighted by Gasteiger charge is -2.42. The number of hydrogen-bond acceptors (Lipinski definition) is 4. The number of fused-ring (bicyclic) bond motifs is 4. The number of hydrogen-bond donors (Lipinski definition) is 0. The van der Waals surface area contributed by atoms with E-state index in [1.807, 2.05) is 6.20 Å². The molecule has 0 saturated heterocycles. The maximum absolute atomic E-state index is 6.70. The molecule has 2 bridgehead atoms. The van der Waals surface area contributed by atoms with E-state index in [2.05, 4.69) is 182 Å². The van der Waals surface area contributed by atoms with Crippen molar-refractivity contribution in [2.75, 3.05) is 23.5 Å². The van der Waals surface area contributed by atoms with Crippen LogP contribution in [0.1, 0.15) is 71.6 Å². The molecule has 0 amide bonds. The number of anilines is 3. The Bertz CT molecular complexity index is 2780. The van der Waals surface area contributed by atoms with Gasteiger partial charge in [-0.05, 0) is 99.0 Å². The van der Waals surface area contributed by atoms with Crippen LogP contribution in [-0.2, 0) is 5.41 Å². The van der Waals surface area contributed by atoms with Crippen LogP contribution in [0.15, 0.2) is 146 Å². The number of para-hydroxylation sites is 1. The number of benzene rings is 6. The van der Waals surface area contributed by atoms with E-state index >= 15 is 0 Å². The summed E-state index contributed by atoms with van der Waals surface area (Å²) in [6.45, 7) is 7.50. The molecular weight excluding hydrogens is 661 g/mol. The summed E-state index contributed by atoms with van der Waals surface area (Å²) in [4.78, 5) is 9.67. The molecule has 0 radical (unpaired) electrons. The predicted molar refractivity (Wildman–Crippen MR) is 220 cm³/mol. The normalized spacial score (nSPS) is 16.7. The van der Waals surface area contributed by atoms with Crippen LogP contribution >= 0.6 is 0 Å². The number of aromatic nitrogens is 2. The minimum Gasteiger partial charge on any atom is -0.457 e. The minimum atomic E-state index is 0.0101. The van der Waals surface area contributed by atoms with E-state index in [9.17, 15) is 0 Å². The minimum absolute atomic E-state index is 0.0101. The molecule has 262 valence electrons. The van der Waals surface area contributed by atoms with Crippen LogP contribution < -0.4 is 14.5 Å². The third-order valence-corrected chi connectivity index (χ3v) is 11.9. The molecule has 2 aromatic heterocycles. The summed E-state index contributed by atoms with van der Waals surface area (Å²) in [7, 11) is 2.20. The fraction of sp³-hybridized carbons (Fsp3) is 0.163. The topological polar surface area (TPSA) is 33.5 Å². The smallest absolute Gasteiger partial charge is 0.137 e. The van der Waals surface area contributed by atoms with Crippen molar-refractivity contribution in [1.29, 1.82) is 0 Å². The Balaban J connectivity index is 0.968. The van der Waals surface area contributed by atoms with Crippen LogP contribution in [0.2, 0.25) is 0 Å². The fourth-order valence-corrected chi connectivity index (χ4v) is 9.41. The first-order chi connectivity index (χ1) is 26.3. The van der Waals surface area contributed by atoms with Gasteiger partial charge in [-0.1, -0.05) is 93.6 Å². The van der Waals surface area contributed by atoms with E-state index in [0.717, 1.165) is 40.7 Å². The lowest BCUT2D eigenvalue weighted by molar-refractivity contribution is 0.483. The third kappa shape index (κ3) is 4.54. The summed E-state index contributed by atoms with van der Waals surface area (Å²) >= 11 is 0. The Kier molecular flexibility index (Phi) is 6.55. The van der Waals surface area contributed by atoms with E-state index in [1.54, 1.807) is 0 Å². The molecule has 0 spiro atoms. The average Bonchev–Trinajstić information content (AvgIpc) is 3.70. The SMILES string of the molecule is CN1CN(c2cccc(Oc3ccc4c5ccccc5n(-c5cc(C(C)(C)C)ccn5)c4c3)c2)c2cc3c(cc21)C1c2ccccc2C3c2ccccc21. The quantitative estimate of drug-likeness (QED) is 0.183. The van der Waals surface area contributed by atoms with Crippen LogP contribution in [0.4, 0.5) is 17.1 Å². The van der Waals surface area contributed by atoms with E-state index in [0.29, 0.717) is 0 Å². The van der Waals surface area contributed by atoms with Crippen LogP contribution in [0.25, 0.3) is 27.6 Å². The van der Waals surface area contributed by atoms with Crippen molar-refractivity contribution >= 4 is 38.9 Å². The Morgan fingerprint density at radius 3 is 1.91 bits per heavy atom. The zero-order chi connectivity index (χ0) is 36.3. The molecule has 5 nitrogen and oxygen atoms in total. The molecule has 4 aliphatic rings. The molecule has 12 rings (SSSR count). The number of rotatable bonds is 4. The van der Waals surface area contributed by atoms with Crippen molar-refractivity contribution in [2.24, 2.45) is 0 Å². The first kappa shape index (κ1) is 31.2. The number of ether oxygens (including phenoxy) is 1. The standard InChI is InChI=1S/C49H40N4O/c1-49(2,3)30-22-23-50-46(24-30)53-42-19-10-9-14-34(42)35-21-20-33(26-43(35)53)54-32-13-11-12-31(25-32)52-29-51(4)44-27-40-41(28-45(44)52)48-38-17-7-5-15-36(38)47(40)37-16-6-8-18-39(37)48/h5-28,47-48H,29H2,1-4H3. The van der Waals surface area contributed by atoms with Gasteiger partial charge in [-0.3, -0.25) is 4.57 Å². The molecule has 0 atom stereocenters. The second-order valence-corrected chi connectivity index (χ2v) is 16.1. The first-order valence-electron chi connectivity index (χ1n) is 18.9.